The molecule has 8 nitrogen and oxygen atoms in total. The molecule has 0 spiro atoms. The summed E-state index contributed by atoms with van der Waals surface area (Å²) >= 11 is 16.8. The molecule has 1 saturated heterocycles. The molecule has 0 aliphatic carbocycles. The van der Waals surface area contributed by atoms with Crippen LogP contribution in [-0.2, 0) is 27.9 Å². The number of hydrogen-bond donors (Lipinski definition) is 1. The Morgan fingerprint density at radius 2 is 2.07 bits per heavy atom. The van der Waals surface area contributed by atoms with E-state index in [9.17, 15) is 19.3 Å². The predicted molar refractivity (Wildman–Crippen MR) is 104 cm³/mol. The van der Waals surface area contributed by atoms with Crippen molar-refractivity contribution in [2.45, 2.75) is 29.8 Å². The van der Waals surface area contributed by atoms with Crippen molar-refractivity contribution in [3.05, 3.63) is 24.1 Å². The third kappa shape index (κ3) is 4.86. The molecule has 5 atom stereocenters. The molecule has 0 radical (unpaired) electrons. The van der Waals surface area contributed by atoms with E-state index in [-0.39, 0.29) is 18.1 Å². The zero-order valence-corrected chi connectivity index (χ0v) is 18.6. The summed E-state index contributed by atoms with van der Waals surface area (Å²) < 4.78 is 26.5. The highest BCUT2D eigenvalue weighted by Gasteiger charge is 2.61. The number of rotatable bonds is 8. The average Bonchev–Trinajstić information content (AvgIpc) is 2.79. The van der Waals surface area contributed by atoms with E-state index in [0.717, 1.165) is 6.66 Å². The van der Waals surface area contributed by atoms with Crippen molar-refractivity contribution >= 4 is 54.3 Å². The number of β-lactam (4-membered cyclic amide) rings is 1. The van der Waals surface area contributed by atoms with E-state index >= 15 is 0 Å². The smallest absolute Gasteiger partial charge is 0.376 e. The van der Waals surface area contributed by atoms with Crippen LogP contribution >= 0.6 is 42.4 Å². The fraction of sp³-hybridized carbons (Fsp3) is 0.625. The van der Waals surface area contributed by atoms with Gasteiger partial charge in [-0.2, -0.15) is 0 Å². The highest BCUT2D eigenvalue weighted by Crippen LogP contribution is 2.55. The molecule has 2 heterocycles. The summed E-state index contributed by atoms with van der Waals surface area (Å²) in [6, 6.07) is -0.540. The summed E-state index contributed by atoms with van der Waals surface area (Å²) in [7, 11) is -3.81. The number of aliphatic hydroxyl groups excluding tert-OH is 1. The van der Waals surface area contributed by atoms with Gasteiger partial charge in [0.1, 0.15) is 19.0 Å². The second-order valence-electron chi connectivity index (χ2n) is 6.61. The van der Waals surface area contributed by atoms with Gasteiger partial charge in [-0.1, -0.05) is 54.4 Å². The van der Waals surface area contributed by atoms with Crippen molar-refractivity contribution in [2.24, 2.45) is 11.8 Å². The van der Waals surface area contributed by atoms with E-state index in [2.05, 4.69) is 6.58 Å². The van der Waals surface area contributed by atoms with Gasteiger partial charge in [0, 0.05) is 12.6 Å². The normalized spacial score (nSPS) is 27.6. The number of carbonyl (C=O) groups is 2. The van der Waals surface area contributed by atoms with Crippen LogP contribution in [0.1, 0.15) is 13.8 Å². The molecule has 0 aromatic heterocycles. The maximum absolute atomic E-state index is 12.7. The van der Waals surface area contributed by atoms with Crippen LogP contribution < -0.4 is 0 Å². The molecule has 158 valence electrons. The van der Waals surface area contributed by atoms with Gasteiger partial charge in [-0.05, 0) is 6.92 Å². The highest BCUT2D eigenvalue weighted by atomic mass is 35.6. The summed E-state index contributed by atoms with van der Waals surface area (Å²) in [6.45, 7) is 7.17. The van der Waals surface area contributed by atoms with Gasteiger partial charge in [-0.15, -0.1) is 0 Å². The van der Waals surface area contributed by atoms with Gasteiger partial charge in [-0.25, -0.2) is 9.36 Å². The van der Waals surface area contributed by atoms with Gasteiger partial charge in [0.15, 0.2) is 5.70 Å². The zero-order valence-electron chi connectivity index (χ0n) is 15.4. The average molecular weight is 477 g/mol. The number of hydrogen-bond acceptors (Lipinski definition) is 7. The van der Waals surface area contributed by atoms with Crippen LogP contribution in [0.25, 0.3) is 0 Å². The summed E-state index contributed by atoms with van der Waals surface area (Å²) in [4.78, 5) is 26.2. The molecule has 0 aromatic carbocycles. The number of carbonyl (C=O) groups excluding carboxylic acids is 2. The van der Waals surface area contributed by atoms with Crippen LogP contribution in [0.3, 0.4) is 0 Å². The lowest BCUT2D eigenvalue weighted by atomic mass is 9.79. The van der Waals surface area contributed by atoms with Gasteiger partial charge in [-0.3, -0.25) is 14.2 Å². The molecule has 12 heteroatoms. The first kappa shape index (κ1) is 23.5. The number of alkyl halides is 3. The summed E-state index contributed by atoms with van der Waals surface area (Å²) in [5.74, 6) is -2.61. The van der Waals surface area contributed by atoms with Crippen molar-refractivity contribution in [1.29, 1.82) is 0 Å². The van der Waals surface area contributed by atoms with Gasteiger partial charge in [0.05, 0.1) is 18.1 Å². The number of halogens is 3. The number of aliphatic hydroxyl groups is 1. The fourth-order valence-corrected chi connectivity index (χ4v) is 4.71. The monoisotopic (exact) mass is 475 g/mol. The van der Waals surface area contributed by atoms with E-state index in [1.165, 1.54) is 17.9 Å². The summed E-state index contributed by atoms with van der Waals surface area (Å²) in [5.41, 5.74) is -0.180. The first-order valence-corrected chi connectivity index (χ1v) is 11.4. The van der Waals surface area contributed by atoms with Crippen LogP contribution in [0, 0.1) is 11.8 Å². The topological polar surface area (TPSA) is 102 Å². The largest absolute Gasteiger partial charge is 0.457 e. The molecule has 2 aliphatic heterocycles. The molecule has 1 amide bonds. The van der Waals surface area contributed by atoms with E-state index in [4.69, 9.17) is 48.6 Å². The number of esters is 1. The van der Waals surface area contributed by atoms with E-state index in [1.807, 2.05) is 0 Å². The molecular formula is C16H21Cl3NO7P. The minimum Gasteiger partial charge on any atom is -0.457 e. The lowest BCUT2D eigenvalue weighted by Crippen LogP contribution is -2.63. The first-order valence-electron chi connectivity index (χ1n) is 8.32. The summed E-state index contributed by atoms with van der Waals surface area (Å²) in [6.07, 6.45) is 0.426. The zero-order chi connectivity index (χ0) is 21.4. The maximum Gasteiger partial charge on any atom is 0.376 e. The van der Waals surface area contributed by atoms with Gasteiger partial charge in [0.2, 0.25) is 9.70 Å². The second kappa shape index (κ2) is 8.54. The van der Waals surface area contributed by atoms with Gasteiger partial charge in [0.25, 0.3) is 0 Å². The molecule has 1 N–H and O–H groups in total. The molecule has 1 unspecified atom stereocenters. The van der Waals surface area contributed by atoms with Gasteiger partial charge < -0.3 is 14.4 Å². The Morgan fingerprint density at radius 3 is 2.57 bits per heavy atom. The van der Waals surface area contributed by atoms with Crippen molar-refractivity contribution < 1.29 is 33.0 Å². The molecule has 2 aliphatic rings. The quantitative estimate of drug-likeness (QED) is 0.189. The van der Waals surface area contributed by atoms with Gasteiger partial charge >= 0.3 is 13.6 Å². The molecule has 0 saturated carbocycles. The van der Waals surface area contributed by atoms with E-state index < -0.39 is 53.9 Å². The molecule has 2 rings (SSSR count). The van der Waals surface area contributed by atoms with Crippen LogP contribution in [0.5, 0.6) is 0 Å². The fourth-order valence-electron chi connectivity index (χ4n) is 3.23. The van der Waals surface area contributed by atoms with Crippen molar-refractivity contribution in [2.75, 3.05) is 19.9 Å². The Bertz CT molecular complexity index is 749. The Balaban J connectivity index is 2.34. The Kier molecular flexibility index (Phi) is 7.17. The molecule has 0 bridgehead atoms. The Hall–Kier alpha value is -0.760. The van der Waals surface area contributed by atoms with E-state index in [0.29, 0.717) is 0 Å². The van der Waals surface area contributed by atoms with Crippen LogP contribution in [-0.4, -0.2) is 57.7 Å². The lowest BCUT2D eigenvalue weighted by Gasteiger charge is -2.46. The minimum atomic E-state index is -3.81. The molecule has 1 fully saturated rings. The first-order chi connectivity index (χ1) is 12.8. The van der Waals surface area contributed by atoms with Crippen LogP contribution in [0.2, 0.25) is 0 Å². The van der Waals surface area contributed by atoms with Crippen LogP contribution in [0.4, 0.5) is 0 Å². The number of ether oxygens (including phenoxy) is 1. The van der Waals surface area contributed by atoms with Crippen molar-refractivity contribution in [3.8, 4) is 0 Å². The van der Waals surface area contributed by atoms with Crippen molar-refractivity contribution in [3.63, 3.8) is 0 Å². The maximum atomic E-state index is 12.7. The third-order valence-corrected chi connectivity index (χ3v) is 5.81. The number of nitrogens with zero attached hydrogens (tertiary/aromatic N) is 1. The standard InChI is InChI=1S/C16H21Cl3NO7P/c1-5-6-25-15(23)12-13(27-28(4,24)26-7-16(17,18)19)8(2)11-10(9(3)21)14(22)20(11)12/h5,8-11,21H,1,6-7H2,2-4H3/t8-,9-,10-,11-,28?/m1/s1. The predicted octanol–water partition coefficient (Wildman–Crippen LogP) is 3.01. The summed E-state index contributed by atoms with van der Waals surface area (Å²) in [5, 5.41) is 9.91. The molecular weight excluding hydrogens is 456 g/mol. The molecule has 0 aromatic rings. The Labute approximate surface area is 177 Å². The number of amides is 1. The SMILES string of the molecule is C=CCOC(=O)C1=C(OP(C)(=O)OCC(Cl)(Cl)Cl)[C@H](C)[C@@H]2[C@@H]([C@@H](C)O)C(=O)N12. The Morgan fingerprint density at radius 1 is 1.46 bits per heavy atom. The second-order valence-corrected chi connectivity index (χ2v) is 11.1. The minimum absolute atomic E-state index is 0.0364. The lowest BCUT2D eigenvalue weighted by molar-refractivity contribution is -0.164. The van der Waals surface area contributed by atoms with Crippen LogP contribution in [0.15, 0.2) is 24.1 Å². The van der Waals surface area contributed by atoms with Crippen molar-refractivity contribution in [1.82, 2.24) is 4.90 Å². The third-order valence-electron chi connectivity index (χ3n) is 4.36. The highest BCUT2D eigenvalue weighted by molar-refractivity contribution is 7.53. The molecule has 28 heavy (non-hydrogen) atoms. The number of fused-ring (bicyclic) bond motifs is 1. The van der Waals surface area contributed by atoms with E-state index in [1.54, 1.807) is 6.92 Å².